The van der Waals surface area contributed by atoms with Crippen LogP contribution in [0.1, 0.15) is 5.56 Å². The minimum Gasteiger partial charge on any atom is -0.493 e. The van der Waals surface area contributed by atoms with E-state index in [4.69, 9.17) is 21.1 Å². The molecule has 5 nitrogen and oxygen atoms in total. The van der Waals surface area contributed by atoms with Gasteiger partial charge in [0.15, 0.2) is 11.5 Å². The number of hydrogen-bond acceptors (Lipinski definition) is 5. The van der Waals surface area contributed by atoms with E-state index in [1.807, 2.05) is 24.3 Å². The average molecular weight is 365 g/mol. The molecule has 2 rings (SSSR count). The van der Waals surface area contributed by atoms with Gasteiger partial charge in [-0.15, -0.1) is 11.8 Å². The van der Waals surface area contributed by atoms with E-state index in [-0.39, 0.29) is 11.7 Å². The monoisotopic (exact) mass is 364 g/mol. The fourth-order valence-corrected chi connectivity index (χ4v) is 2.85. The fraction of sp³-hybridized carbons (Fsp3) is 0.176. The maximum Gasteiger partial charge on any atom is 0.250 e. The maximum atomic E-state index is 11.8. The number of nitrogens with one attached hydrogen (secondary N) is 1. The zero-order valence-corrected chi connectivity index (χ0v) is 14.9. The van der Waals surface area contributed by atoms with Crippen molar-refractivity contribution in [1.82, 2.24) is 5.43 Å². The normalized spacial score (nSPS) is 10.6. The van der Waals surface area contributed by atoms with E-state index < -0.39 is 0 Å². The Kier molecular flexibility index (Phi) is 6.96. The highest BCUT2D eigenvalue weighted by Crippen LogP contribution is 2.26. The summed E-state index contributed by atoms with van der Waals surface area (Å²) in [6.07, 6.45) is 1.55. The number of methoxy groups -OCH3 is 2. The molecule has 0 unspecified atom stereocenters. The van der Waals surface area contributed by atoms with Gasteiger partial charge in [0.2, 0.25) is 5.91 Å². The van der Waals surface area contributed by atoms with Crippen molar-refractivity contribution in [3.05, 3.63) is 53.1 Å². The number of thioether (sulfide) groups is 1. The molecule has 0 saturated heterocycles. The summed E-state index contributed by atoms with van der Waals surface area (Å²) in [5.41, 5.74) is 3.27. The van der Waals surface area contributed by atoms with Gasteiger partial charge in [-0.05, 0) is 42.0 Å². The molecule has 0 aromatic heterocycles. The summed E-state index contributed by atoms with van der Waals surface area (Å²) < 4.78 is 10.4. The number of hydrazone groups is 1. The van der Waals surface area contributed by atoms with Crippen molar-refractivity contribution >= 4 is 35.5 Å². The predicted molar refractivity (Wildman–Crippen MR) is 97.5 cm³/mol. The SMILES string of the molecule is COc1ccc(/C=N/NC(=O)CSc2cccc(Cl)c2)cc1OC. The number of rotatable bonds is 7. The number of hydrogen-bond donors (Lipinski definition) is 1. The summed E-state index contributed by atoms with van der Waals surface area (Å²) in [7, 11) is 3.14. The largest absolute Gasteiger partial charge is 0.493 e. The van der Waals surface area contributed by atoms with Crippen LogP contribution < -0.4 is 14.9 Å². The van der Waals surface area contributed by atoms with Gasteiger partial charge in [0.1, 0.15) is 0 Å². The van der Waals surface area contributed by atoms with Gasteiger partial charge >= 0.3 is 0 Å². The van der Waals surface area contributed by atoms with E-state index >= 15 is 0 Å². The topological polar surface area (TPSA) is 59.9 Å². The van der Waals surface area contributed by atoms with Gasteiger partial charge in [-0.2, -0.15) is 5.10 Å². The zero-order chi connectivity index (χ0) is 17.4. The molecule has 0 radical (unpaired) electrons. The van der Waals surface area contributed by atoms with Crippen molar-refractivity contribution in [3.8, 4) is 11.5 Å². The first kappa shape index (κ1) is 18.2. The van der Waals surface area contributed by atoms with Crippen LogP contribution in [0.15, 0.2) is 52.5 Å². The first-order valence-corrected chi connectivity index (χ1v) is 8.41. The Morgan fingerprint density at radius 2 is 2.00 bits per heavy atom. The van der Waals surface area contributed by atoms with E-state index in [0.29, 0.717) is 16.5 Å². The predicted octanol–water partition coefficient (Wildman–Crippen LogP) is 3.60. The molecule has 0 fully saturated rings. The van der Waals surface area contributed by atoms with Crippen molar-refractivity contribution in [1.29, 1.82) is 0 Å². The highest BCUT2D eigenvalue weighted by Gasteiger charge is 2.04. The van der Waals surface area contributed by atoms with Crippen LogP contribution in [0, 0.1) is 0 Å². The number of amides is 1. The fourth-order valence-electron chi connectivity index (χ4n) is 1.85. The highest BCUT2D eigenvalue weighted by molar-refractivity contribution is 8.00. The summed E-state index contributed by atoms with van der Waals surface area (Å²) >= 11 is 7.29. The molecule has 24 heavy (non-hydrogen) atoms. The number of carbonyl (C=O) groups excluding carboxylic acids is 1. The lowest BCUT2D eigenvalue weighted by Gasteiger charge is -2.07. The van der Waals surface area contributed by atoms with Crippen LogP contribution in [-0.2, 0) is 4.79 Å². The standard InChI is InChI=1S/C17H17ClN2O3S/c1-22-15-7-6-12(8-16(15)23-2)10-19-20-17(21)11-24-14-5-3-4-13(18)9-14/h3-10H,11H2,1-2H3,(H,20,21)/b19-10+. The molecule has 2 aromatic rings. The van der Waals surface area contributed by atoms with E-state index in [1.54, 1.807) is 38.6 Å². The zero-order valence-electron chi connectivity index (χ0n) is 13.3. The average Bonchev–Trinajstić information content (AvgIpc) is 2.60. The molecule has 0 saturated carbocycles. The lowest BCUT2D eigenvalue weighted by molar-refractivity contribution is -0.118. The number of halogens is 1. The molecule has 126 valence electrons. The Bertz CT molecular complexity index is 738. The number of carbonyl (C=O) groups is 1. The van der Waals surface area contributed by atoms with Crippen molar-refractivity contribution in [2.45, 2.75) is 4.90 Å². The van der Waals surface area contributed by atoms with E-state index in [2.05, 4.69) is 10.5 Å². The van der Waals surface area contributed by atoms with Gasteiger partial charge in [-0.1, -0.05) is 17.7 Å². The Morgan fingerprint density at radius 3 is 2.71 bits per heavy atom. The molecule has 1 N–H and O–H groups in total. The Labute approximate surface area is 150 Å². The minimum atomic E-state index is -0.197. The molecular weight excluding hydrogens is 348 g/mol. The van der Waals surface area contributed by atoms with Gasteiger partial charge in [-0.3, -0.25) is 4.79 Å². The van der Waals surface area contributed by atoms with Crippen LogP contribution in [-0.4, -0.2) is 32.1 Å². The molecule has 0 aliphatic rings. The second-order valence-electron chi connectivity index (χ2n) is 4.65. The molecule has 0 bridgehead atoms. The molecular formula is C17H17ClN2O3S. The Hall–Kier alpha value is -2.18. The van der Waals surface area contributed by atoms with Crippen LogP contribution in [0.25, 0.3) is 0 Å². The molecule has 0 heterocycles. The second kappa shape index (κ2) is 9.20. The Balaban J connectivity index is 1.86. The molecule has 0 spiro atoms. The molecule has 1 amide bonds. The highest BCUT2D eigenvalue weighted by atomic mass is 35.5. The van der Waals surface area contributed by atoms with E-state index in [0.717, 1.165) is 10.5 Å². The van der Waals surface area contributed by atoms with E-state index in [1.165, 1.54) is 11.8 Å². The third-order valence-electron chi connectivity index (χ3n) is 2.98. The molecule has 7 heteroatoms. The van der Waals surface area contributed by atoms with Crippen LogP contribution in [0.5, 0.6) is 11.5 Å². The van der Waals surface area contributed by atoms with Crippen LogP contribution in [0.4, 0.5) is 0 Å². The smallest absolute Gasteiger partial charge is 0.250 e. The summed E-state index contributed by atoms with van der Waals surface area (Å²) in [5.74, 6) is 1.29. The molecule has 0 atom stereocenters. The Morgan fingerprint density at radius 1 is 1.21 bits per heavy atom. The lowest BCUT2D eigenvalue weighted by Crippen LogP contribution is -2.19. The van der Waals surface area contributed by atoms with E-state index in [9.17, 15) is 4.79 Å². The lowest BCUT2D eigenvalue weighted by atomic mass is 10.2. The second-order valence-corrected chi connectivity index (χ2v) is 6.14. The molecule has 2 aromatic carbocycles. The quantitative estimate of drug-likeness (QED) is 0.463. The summed E-state index contributed by atoms with van der Waals surface area (Å²) in [5, 5.41) is 4.59. The number of ether oxygens (including phenoxy) is 2. The van der Waals surface area contributed by atoms with Crippen LogP contribution >= 0.6 is 23.4 Å². The molecule has 0 aliphatic heterocycles. The minimum absolute atomic E-state index is 0.197. The van der Waals surface area contributed by atoms with Crippen molar-refractivity contribution in [3.63, 3.8) is 0 Å². The first-order valence-electron chi connectivity index (χ1n) is 7.04. The van der Waals surface area contributed by atoms with Crippen LogP contribution in [0.2, 0.25) is 5.02 Å². The summed E-state index contributed by atoms with van der Waals surface area (Å²) in [4.78, 5) is 12.7. The van der Waals surface area contributed by atoms with Gasteiger partial charge in [-0.25, -0.2) is 5.43 Å². The summed E-state index contributed by atoms with van der Waals surface area (Å²) in [6.45, 7) is 0. The van der Waals surface area contributed by atoms with Gasteiger partial charge < -0.3 is 9.47 Å². The van der Waals surface area contributed by atoms with Crippen LogP contribution in [0.3, 0.4) is 0 Å². The third-order valence-corrected chi connectivity index (χ3v) is 4.21. The van der Waals surface area contributed by atoms with Crippen molar-refractivity contribution in [2.24, 2.45) is 5.10 Å². The third kappa shape index (κ3) is 5.47. The molecule has 0 aliphatic carbocycles. The van der Waals surface area contributed by atoms with Gasteiger partial charge in [0.05, 0.1) is 26.2 Å². The summed E-state index contributed by atoms with van der Waals surface area (Å²) in [6, 6.07) is 12.7. The van der Waals surface area contributed by atoms with Crippen molar-refractivity contribution in [2.75, 3.05) is 20.0 Å². The van der Waals surface area contributed by atoms with Crippen molar-refractivity contribution < 1.29 is 14.3 Å². The number of nitrogens with zero attached hydrogens (tertiary/aromatic N) is 1. The maximum absolute atomic E-state index is 11.8. The first-order chi connectivity index (χ1) is 11.6. The van der Waals surface area contributed by atoms with Gasteiger partial charge in [0, 0.05) is 9.92 Å². The van der Waals surface area contributed by atoms with Gasteiger partial charge in [0.25, 0.3) is 0 Å². The number of benzene rings is 2.